The Morgan fingerprint density at radius 1 is 1.33 bits per heavy atom. The van der Waals surface area contributed by atoms with Gasteiger partial charge in [-0.25, -0.2) is 0 Å². The molecular formula is C8H6F3N3O3S. The van der Waals surface area contributed by atoms with Crippen molar-refractivity contribution in [3.8, 4) is 5.75 Å². The normalized spacial score (nSPS) is 12.9. The number of alkyl halides is 3. The smallest absolute Gasteiger partial charge is 0.497 e. The number of fused-ring (bicyclic) bond motifs is 1. The minimum atomic E-state index is -5.58. The number of ether oxygens (including phenoxy) is 1. The molecule has 2 rings (SSSR count). The van der Waals surface area contributed by atoms with Crippen molar-refractivity contribution < 1.29 is 26.3 Å². The Bertz CT molecular complexity index is 692. The Labute approximate surface area is 99.0 Å². The van der Waals surface area contributed by atoms with E-state index in [0.717, 1.165) is 6.07 Å². The van der Waals surface area contributed by atoms with Crippen molar-refractivity contribution >= 4 is 21.1 Å². The molecule has 10 heteroatoms. The maximum Gasteiger partial charge on any atom is 0.518 e. The number of benzene rings is 1. The van der Waals surface area contributed by atoms with E-state index in [1.807, 2.05) is 0 Å². The predicted molar refractivity (Wildman–Crippen MR) is 54.5 cm³/mol. The van der Waals surface area contributed by atoms with Crippen LogP contribution in [0.25, 0.3) is 11.0 Å². The van der Waals surface area contributed by atoms with Crippen molar-refractivity contribution in [2.45, 2.75) is 5.51 Å². The van der Waals surface area contributed by atoms with E-state index in [4.69, 9.17) is 4.74 Å². The Hall–Kier alpha value is -1.84. The van der Waals surface area contributed by atoms with Crippen LogP contribution in [0.5, 0.6) is 5.75 Å². The Morgan fingerprint density at radius 2 is 2.00 bits per heavy atom. The Balaban J connectivity index is 2.68. The van der Waals surface area contributed by atoms with Crippen LogP contribution >= 0.6 is 0 Å². The fraction of sp³-hybridized carbons (Fsp3) is 0.250. The molecule has 0 bridgehead atoms. The lowest BCUT2D eigenvalue weighted by Crippen LogP contribution is -2.30. The first-order valence-corrected chi connectivity index (χ1v) is 5.92. The molecule has 0 aliphatic heterocycles. The van der Waals surface area contributed by atoms with Crippen molar-refractivity contribution in [2.24, 2.45) is 0 Å². The van der Waals surface area contributed by atoms with Gasteiger partial charge in [0.05, 0.1) is 7.11 Å². The molecule has 0 saturated heterocycles. The van der Waals surface area contributed by atoms with Gasteiger partial charge >= 0.3 is 15.5 Å². The summed E-state index contributed by atoms with van der Waals surface area (Å²) in [6, 6.07) is 3.73. The summed E-state index contributed by atoms with van der Waals surface area (Å²) in [6.07, 6.45) is 0. The van der Waals surface area contributed by atoms with Crippen LogP contribution in [-0.4, -0.2) is 35.4 Å². The summed E-state index contributed by atoms with van der Waals surface area (Å²) < 4.78 is 64.2. The van der Waals surface area contributed by atoms with E-state index in [-0.39, 0.29) is 15.1 Å². The van der Waals surface area contributed by atoms with Crippen molar-refractivity contribution in [2.75, 3.05) is 7.11 Å². The van der Waals surface area contributed by atoms with E-state index in [2.05, 4.69) is 10.3 Å². The van der Waals surface area contributed by atoms with Gasteiger partial charge in [0.25, 0.3) is 0 Å². The highest BCUT2D eigenvalue weighted by Crippen LogP contribution is 2.28. The third-order valence-corrected chi connectivity index (χ3v) is 3.45. The van der Waals surface area contributed by atoms with Crippen molar-refractivity contribution in [3.63, 3.8) is 0 Å². The van der Waals surface area contributed by atoms with Crippen LogP contribution in [0.4, 0.5) is 13.2 Å². The van der Waals surface area contributed by atoms with E-state index < -0.39 is 15.5 Å². The van der Waals surface area contributed by atoms with Gasteiger partial charge in [-0.05, 0) is 12.1 Å². The quantitative estimate of drug-likeness (QED) is 0.825. The van der Waals surface area contributed by atoms with Crippen molar-refractivity contribution in [1.29, 1.82) is 0 Å². The molecule has 0 radical (unpaired) electrons. The molecule has 0 aliphatic carbocycles. The van der Waals surface area contributed by atoms with Gasteiger partial charge in [0.1, 0.15) is 16.8 Å². The van der Waals surface area contributed by atoms with Gasteiger partial charge < -0.3 is 4.74 Å². The van der Waals surface area contributed by atoms with Gasteiger partial charge in [0.15, 0.2) is 0 Å². The maximum absolute atomic E-state index is 12.4. The summed E-state index contributed by atoms with van der Waals surface area (Å²) in [5.74, 6) is 0.332. The SMILES string of the molecule is COc1ccc2c(c1)nnn2S(=O)(=O)C(F)(F)F. The van der Waals surface area contributed by atoms with Gasteiger partial charge in [-0.2, -0.15) is 21.6 Å². The fourth-order valence-corrected chi connectivity index (χ4v) is 2.03. The fourth-order valence-electron chi connectivity index (χ4n) is 1.28. The molecule has 1 aromatic heterocycles. The van der Waals surface area contributed by atoms with Crippen molar-refractivity contribution in [1.82, 2.24) is 14.4 Å². The Morgan fingerprint density at radius 3 is 2.56 bits per heavy atom. The second-order valence-corrected chi connectivity index (χ2v) is 5.00. The number of nitrogens with zero attached hydrogens (tertiary/aromatic N) is 3. The van der Waals surface area contributed by atoms with Gasteiger partial charge in [0.2, 0.25) is 0 Å². The van der Waals surface area contributed by atoms with Crippen LogP contribution in [0.1, 0.15) is 0 Å². The first-order chi connectivity index (χ1) is 8.27. The summed E-state index contributed by atoms with van der Waals surface area (Å²) in [7, 11) is -4.22. The molecule has 0 N–H and O–H groups in total. The first-order valence-electron chi connectivity index (χ1n) is 4.48. The highest BCUT2D eigenvalue weighted by Gasteiger charge is 2.49. The lowest BCUT2D eigenvalue weighted by atomic mass is 10.3. The lowest BCUT2D eigenvalue weighted by molar-refractivity contribution is -0.0448. The molecule has 6 nitrogen and oxygen atoms in total. The van der Waals surface area contributed by atoms with Crippen LogP contribution in [0.2, 0.25) is 0 Å². The average Bonchev–Trinajstić information content (AvgIpc) is 2.70. The van der Waals surface area contributed by atoms with Crippen LogP contribution < -0.4 is 4.74 Å². The molecule has 98 valence electrons. The first kappa shape index (κ1) is 12.6. The number of methoxy groups -OCH3 is 1. The molecule has 18 heavy (non-hydrogen) atoms. The predicted octanol–water partition coefficient (Wildman–Crippen LogP) is 1.14. The maximum atomic E-state index is 12.4. The monoisotopic (exact) mass is 281 g/mol. The second-order valence-electron chi connectivity index (χ2n) is 3.24. The number of rotatable bonds is 2. The molecular weight excluding hydrogens is 275 g/mol. The number of aromatic nitrogens is 3. The molecule has 0 saturated carbocycles. The van der Waals surface area contributed by atoms with E-state index in [1.54, 1.807) is 0 Å². The molecule has 0 atom stereocenters. The third-order valence-electron chi connectivity index (χ3n) is 2.14. The van der Waals surface area contributed by atoms with Crippen LogP contribution in [-0.2, 0) is 10.0 Å². The van der Waals surface area contributed by atoms with Gasteiger partial charge in [-0.1, -0.05) is 5.21 Å². The van der Waals surface area contributed by atoms with Crippen molar-refractivity contribution in [3.05, 3.63) is 18.2 Å². The molecule has 2 aromatic rings. The minimum absolute atomic E-state index is 0.0119. The van der Waals surface area contributed by atoms with E-state index >= 15 is 0 Å². The summed E-state index contributed by atoms with van der Waals surface area (Å²) in [4.78, 5) is 0. The zero-order valence-corrected chi connectivity index (χ0v) is 9.66. The van der Waals surface area contributed by atoms with Crippen LogP contribution in [0.3, 0.4) is 0 Å². The van der Waals surface area contributed by atoms with Gasteiger partial charge in [-0.3, -0.25) is 0 Å². The molecule has 0 aliphatic rings. The van der Waals surface area contributed by atoms with Gasteiger partial charge in [0, 0.05) is 6.07 Å². The molecule has 0 fully saturated rings. The second kappa shape index (κ2) is 3.83. The molecule has 0 amide bonds. The largest absolute Gasteiger partial charge is 0.518 e. The van der Waals surface area contributed by atoms with Crippen LogP contribution in [0.15, 0.2) is 18.2 Å². The summed E-state index contributed by atoms with van der Waals surface area (Å²) in [5, 5.41) is 6.37. The summed E-state index contributed by atoms with van der Waals surface area (Å²) in [5.41, 5.74) is -5.72. The van der Waals surface area contributed by atoms with Crippen LogP contribution in [0, 0.1) is 0 Å². The van der Waals surface area contributed by atoms with E-state index in [0.29, 0.717) is 5.75 Å². The summed E-state index contributed by atoms with van der Waals surface area (Å²) in [6.45, 7) is 0. The van der Waals surface area contributed by atoms with E-state index in [9.17, 15) is 21.6 Å². The van der Waals surface area contributed by atoms with Gasteiger partial charge in [-0.15, -0.1) is 9.19 Å². The zero-order valence-electron chi connectivity index (χ0n) is 8.84. The molecule has 0 unspecified atom stereocenters. The minimum Gasteiger partial charge on any atom is -0.497 e. The highest BCUT2D eigenvalue weighted by atomic mass is 32.2. The average molecular weight is 281 g/mol. The third kappa shape index (κ3) is 1.78. The lowest BCUT2D eigenvalue weighted by Gasteiger charge is -2.07. The Kier molecular flexibility index (Phi) is 2.69. The summed E-state index contributed by atoms with van der Waals surface area (Å²) >= 11 is 0. The standard InChI is InChI=1S/C8H6F3N3O3S/c1-17-5-2-3-7-6(4-5)12-13-14(7)18(15,16)8(9,10)11/h2-4H,1H3. The topological polar surface area (TPSA) is 74.1 Å². The molecule has 0 spiro atoms. The van der Waals surface area contributed by atoms with E-state index in [1.165, 1.54) is 19.2 Å². The molecule has 1 aromatic carbocycles. The number of halogens is 3. The molecule has 1 heterocycles. The zero-order chi connectivity index (χ0) is 13.6. The number of hydrogen-bond donors (Lipinski definition) is 0. The highest BCUT2D eigenvalue weighted by molar-refractivity contribution is 7.90. The number of hydrogen-bond acceptors (Lipinski definition) is 5.